The molecule has 0 radical (unpaired) electrons. The molecule has 0 aliphatic heterocycles. The Balaban J connectivity index is 1.93. The van der Waals surface area contributed by atoms with Crippen molar-refractivity contribution in [1.82, 2.24) is 20.1 Å². The summed E-state index contributed by atoms with van der Waals surface area (Å²) in [6.45, 7) is 4.59. The first-order chi connectivity index (χ1) is 9.49. The van der Waals surface area contributed by atoms with E-state index in [1.165, 1.54) is 11.3 Å². The highest BCUT2D eigenvalue weighted by Crippen LogP contribution is 2.21. The Hall–Kier alpha value is -1.18. The van der Waals surface area contributed by atoms with Crippen molar-refractivity contribution in [2.45, 2.75) is 26.3 Å². The Morgan fingerprint density at radius 2 is 2.35 bits per heavy atom. The first-order valence-corrected chi connectivity index (χ1v) is 7.78. The zero-order valence-corrected chi connectivity index (χ0v) is 13.5. The van der Waals surface area contributed by atoms with Gasteiger partial charge in [0.1, 0.15) is 5.82 Å². The molecule has 5 nitrogen and oxygen atoms in total. The minimum atomic E-state index is -0.118. The van der Waals surface area contributed by atoms with Crippen molar-refractivity contribution < 1.29 is 4.79 Å². The summed E-state index contributed by atoms with van der Waals surface area (Å²) >= 11 is 12.2. The zero-order valence-electron chi connectivity index (χ0n) is 11.1. The Morgan fingerprint density at radius 3 is 2.95 bits per heavy atom. The quantitative estimate of drug-likeness (QED) is 0.827. The maximum absolute atomic E-state index is 11.9. The number of nitrogens with one attached hydrogen (secondary N) is 2. The summed E-state index contributed by atoms with van der Waals surface area (Å²) in [6.07, 6.45) is 0.621. The number of hydrogen-bond acceptors (Lipinski definition) is 4. The van der Waals surface area contributed by atoms with E-state index in [1.54, 1.807) is 12.1 Å². The molecule has 2 heterocycles. The number of aromatic amines is 1. The first kappa shape index (κ1) is 15.2. The molecule has 8 heteroatoms. The SMILES string of the molecule is CC(C)n1c(CCNC(=O)c2ccc(Cl)s2)n[nH]c1=S. The van der Waals surface area contributed by atoms with E-state index < -0.39 is 0 Å². The van der Waals surface area contributed by atoms with Crippen molar-refractivity contribution in [3.8, 4) is 0 Å². The van der Waals surface area contributed by atoms with E-state index in [-0.39, 0.29) is 11.9 Å². The van der Waals surface area contributed by atoms with Crippen LogP contribution in [-0.4, -0.2) is 27.2 Å². The van der Waals surface area contributed by atoms with E-state index in [0.717, 1.165) is 5.82 Å². The van der Waals surface area contributed by atoms with Gasteiger partial charge in [0.05, 0.1) is 9.21 Å². The molecule has 0 unspecified atom stereocenters. The van der Waals surface area contributed by atoms with Gasteiger partial charge in [-0.15, -0.1) is 11.3 Å². The van der Waals surface area contributed by atoms with Crippen LogP contribution < -0.4 is 5.32 Å². The molecule has 0 saturated heterocycles. The topological polar surface area (TPSA) is 62.7 Å². The molecular weight excluding hydrogens is 316 g/mol. The van der Waals surface area contributed by atoms with Crippen LogP contribution in [0.3, 0.4) is 0 Å². The minimum Gasteiger partial charge on any atom is -0.351 e. The number of nitrogens with zero attached hydrogens (tertiary/aromatic N) is 2. The molecule has 2 N–H and O–H groups in total. The van der Waals surface area contributed by atoms with Crippen molar-refractivity contribution in [3.63, 3.8) is 0 Å². The molecule has 0 spiro atoms. The molecule has 2 aromatic rings. The van der Waals surface area contributed by atoms with Crippen LogP contribution in [0.1, 0.15) is 35.4 Å². The van der Waals surface area contributed by atoms with E-state index in [0.29, 0.717) is 27.0 Å². The average Bonchev–Trinajstić information content (AvgIpc) is 2.96. The van der Waals surface area contributed by atoms with E-state index in [1.807, 2.05) is 18.4 Å². The van der Waals surface area contributed by atoms with Crippen LogP contribution in [0, 0.1) is 4.77 Å². The van der Waals surface area contributed by atoms with Crippen LogP contribution in [0.5, 0.6) is 0 Å². The molecule has 0 atom stereocenters. The molecule has 20 heavy (non-hydrogen) atoms. The smallest absolute Gasteiger partial charge is 0.261 e. The number of carbonyl (C=O) groups is 1. The molecule has 0 fully saturated rings. The summed E-state index contributed by atoms with van der Waals surface area (Å²) < 4.78 is 3.16. The molecule has 0 aliphatic rings. The number of amides is 1. The molecule has 1 amide bonds. The summed E-state index contributed by atoms with van der Waals surface area (Å²) in [4.78, 5) is 12.5. The summed E-state index contributed by atoms with van der Waals surface area (Å²) in [5.74, 6) is 0.724. The van der Waals surface area contributed by atoms with Gasteiger partial charge < -0.3 is 9.88 Å². The van der Waals surface area contributed by atoms with Crippen LogP contribution in [0.2, 0.25) is 4.34 Å². The van der Waals surface area contributed by atoms with E-state index >= 15 is 0 Å². The summed E-state index contributed by atoms with van der Waals surface area (Å²) in [6, 6.07) is 3.67. The molecular formula is C12H15ClN4OS2. The molecule has 0 aliphatic carbocycles. The zero-order chi connectivity index (χ0) is 14.7. The highest BCUT2D eigenvalue weighted by Gasteiger charge is 2.11. The lowest BCUT2D eigenvalue weighted by atomic mass is 10.3. The van der Waals surface area contributed by atoms with Crippen molar-refractivity contribution in [2.75, 3.05) is 6.54 Å². The van der Waals surface area contributed by atoms with Crippen LogP contribution in [-0.2, 0) is 6.42 Å². The van der Waals surface area contributed by atoms with Gasteiger partial charge >= 0.3 is 0 Å². The van der Waals surface area contributed by atoms with Crippen molar-refractivity contribution in [1.29, 1.82) is 0 Å². The largest absolute Gasteiger partial charge is 0.351 e. The van der Waals surface area contributed by atoms with Crippen LogP contribution in [0.4, 0.5) is 0 Å². The van der Waals surface area contributed by atoms with Gasteiger partial charge in [-0.25, -0.2) is 0 Å². The van der Waals surface area contributed by atoms with Gasteiger partial charge in [-0.3, -0.25) is 9.89 Å². The highest BCUT2D eigenvalue weighted by molar-refractivity contribution is 7.71. The summed E-state index contributed by atoms with van der Waals surface area (Å²) in [5.41, 5.74) is 0. The third-order valence-electron chi connectivity index (χ3n) is 2.73. The van der Waals surface area contributed by atoms with Gasteiger partial charge in [-0.2, -0.15) is 5.10 Å². The molecule has 2 aromatic heterocycles. The van der Waals surface area contributed by atoms with Crippen molar-refractivity contribution in [3.05, 3.63) is 31.9 Å². The lowest BCUT2D eigenvalue weighted by Gasteiger charge is -2.10. The van der Waals surface area contributed by atoms with Crippen LogP contribution >= 0.6 is 35.2 Å². The Morgan fingerprint density at radius 1 is 1.60 bits per heavy atom. The number of rotatable bonds is 5. The van der Waals surface area contributed by atoms with Gasteiger partial charge in [-0.1, -0.05) is 11.6 Å². The average molecular weight is 331 g/mol. The second kappa shape index (κ2) is 6.51. The van der Waals surface area contributed by atoms with Gasteiger partial charge in [-0.05, 0) is 38.2 Å². The predicted octanol–water partition coefficient (Wildman–Crippen LogP) is 3.21. The van der Waals surface area contributed by atoms with Crippen molar-refractivity contribution in [2.24, 2.45) is 0 Å². The summed E-state index contributed by atoms with van der Waals surface area (Å²) in [7, 11) is 0. The minimum absolute atomic E-state index is 0.118. The number of thiophene rings is 1. The van der Waals surface area contributed by atoms with Crippen LogP contribution in [0.15, 0.2) is 12.1 Å². The number of halogens is 1. The number of hydrogen-bond donors (Lipinski definition) is 2. The second-order valence-corrected chi connectivity index (χ2v) is 6.62. The molecule has 0 aromatic carbocycles. The normalized spacial score (nSPS) is 11.0. The van der Waals surface area contributed by atoms with E-state index in [4.69, 9.17) is 23.8 Å². The summed E-state index contributed by atoms with van der Waals surface area (Å²) in [5, 5.41) is 9.81. The standard InChI is InChI=1S/C12H15ClN4OS2/c1-7(2)17-10(15-16-12(17)19)5-6-14-11(18)8-3-4-9(13)20-8/h3-4,7H,5-6H2,1-2H3,(H,14,18)(H,16,19). The fourth-order valence-electron chi connectivity index (χ4n) is 1.86. The Kier molecular flexibility index (Phi) is 4.95. The van der Waals surface area contributed by atoms with Gasteiger partial charge in [0.15, 0.2) is 4.77 Å². The monoisotopic (exact) mass is 330 g/mol. The number of H-pyrrole nitrogens is 1. The van der Waals surface area contributed by atoms with Gasteiger partial charge in [0, 0.05) is 19.0 Å². The van der Waals surface area contributed by atoms with Crippen molar-refractivity contribution >= 4 is 41.1 Å². The third-order valence-corrected chi connectivity index (χ3v) is 4.24. The molecule has 2 rings (SSSR count). The fraction of sp³-hybridized carbons (Fsp3) is 0.417. The first-order valence-electron chi connectivity index (χ1n) is 6.18. The molecule has 108 valence electrons. The van der Waals surface area contributed by atoms with Gasteiger partial charge in [0.2, 0.25) is 0 Å². The van der Waals surface area contributed by atoms with Gasteiger partial charge in [0.25, 0.3) is 5.91 Å². The fourth-order valence-corrected chi connectivity index (χ4v) is 3.18. The third kappa shape index (κ3) is 3.47. The Bertz CT molecular complexity index is 658. The van der Waals surface area contributed by atoms with E-state index in [9.17, 15) is 4.79 Å². The van der Waals surface area contributed by atoms with Crippen LogP contribution in [0.25, 0.3) is 0 Å². The van der Waals surface area contributed by atoms with E-state index in [2.05, 4.69) is 15.5 Å². The number of aromatic nitrogens is 3. The molecule has 0 saturated carbocycles. The Labute approximate surface area is 131 Å². The number of carbonyl (C=O) groups excluding carboxylic acids is 1. The lowest BCUT2D eigenvalue weighted by molar-refractivity contribution is 0.0958. The maximum Gasteiger partial charge on any atom is 0.261 e. The predicted molar refractivity (Wildman–Crippen MR) is 83.2 cm³/mol. The lowest BCUT2D eigenvalue weighted by Crippen LogP contribution is -2.26. The highest BCUT2D eigenvalue weighted by atomic mass is 35.5. The second-order valence-electron chi connectivity index (χ2n) is 4.52. The maximum atomic E-state index is 11.9. The molecule has 0 bridgehead atoms.